The van der Waals surface area contributed by atoms with E-state index in [1.165, 1.54) is 6.26 Å². The minimum Gasteiger partial charge on any atom is -0.492 e. The number of furan rings is 1. The molecule has 8 heteroatoms. The SMILES string of the molecule is CCNC(=NCCOc1ccccc1)N1CCN(C(=O)c2ccco2)CC1.I. The summed E-state index contributed by atoms with van der Waals surface area (Å²) in [5.41, 5.74) is 0. The maximum Gasteiger partial charge on any atom is 0.289 e. The highest BCUT2D eigenvalue weighted by molar-refractivity contribution is 14.0. The van der Waals surface area contributed by atoms with Crippen molar-refractivity contribution in [1.82, 2.24) is 15.1 Å². The van der Waals surface area contributed by atoms with E-state index in [0.717, 1.165) is 31.3 Å². The number of aliphatic imine (C=N–C) groups is 1. The fourth-order valence-electron chi connectivity index (χ4n) is 2.94. The summed E-state index contributed by atoms with van der Waals surface area (Å²) in [6.07, 6.45) is 1.52. The molecule has 1 aliphatic heterocycles. The topological polar surface area (TPSA) is 70.3 Å². The third kappa shape index (κ3) is 6.15. The molecule has 0 spiro atoms. The molecule has 1 N–H and O–H groups in total. The van der Waals surface area contributed by atoms with Gasteiger partial charge >= 0.3 is 0 Å². The lowest BCUT2D eigenvalue weighted by Gasteiger charge is -2.36. The van der Waals surface area contributed by atoms with Crippen LogP contribution in [0.1, 0.15) is 17.5 Å². The van der Waals surface area contributed by atoms with Gasteiger partial charge < -0.3 is 24.3 Å². The van der Waals surface area contributed by atoms with Gasteiger partial charge in [0, 0.05) is 32.7 Å². The van der Waals surface area contributed by atoms with E-state index in [1.807, 2.05) is 42.2 Å². The number of carbonyl (C=O) groups excluding carboxylic acids is 1. The number of rotatable bonds is 6. The number of halogens is 1. The van der Waals surface area contributed by atoms with Gasteiger partial charge in [0.05, 0.1) is 12.8 Å². The summed E-state index contributed by atoms with van der Waals surface area (Å²) in [5, 5.41) is 3.32. The Labute approximate surface area is 182 Å². The van der Waals surface area contributed by atoms with Crippen molar-refractivity contribution in [2.75, 3.05) is 45.9 Å². The van der Waals surface area contributed by atoms with Crippen molar-refractivity contribution in [3.8, 4) is 5.75 Å². The minimum absolute atomic E-state index is 0. The second-order valence-electron chi connectivity index (χ2n) is 6.15. The van der Waals surface area contributed by atoms with Gasteiger partial charge in [-0.25, -0.2) is 4.99 Å². The Bertz CT molecular complexity index is 729. The van der Waals surface area contributed by atoms with Crippen molar-refractivity contribution in [2.45, 2.75) is 6.92 Å². The highest BCUT2D eigenvalue weighted by Gasteiger charge is 2.25. The Morgan fingerprint density at radius 2 is 1.82 bits per heavy atom. The zero-order valence-electron chi connectivity index (χ0n) is 16.0. The van der Waals surface area contributed by atoms with Gasteiger partial charge in [-0.05, 0) is 31.2 Å². The standard InChI is InChI=1S/C20H26N4O3.HI/c1-2-21-20(22-10-16-26-17-7-4-3-5-8-17)24-13-11-23(12-14-24)19(25)18-9-6-15-27-18;/h3-9,15H,2,10-14,16H2,1H3,(H,21,22);1H. The van der Waals surface area contributed by atoms with E-state index < -0.39 is 0 Å². The number of amides is 1. The van der Waals surface area contributed by atoms with E-state index in [9.17, 15) is 4.79 Å². The number of carbonyl (C=O) groups is 1. The Hall–Kier alpha value is -2.23. The second kappa shape index (κ2) is 11.6. The van der Waals surface area contributed by atoms with Gasteiger partial charge in [0.1, 0.15) is 12.4 Å². The van der Waals surface area contributed by atoms with Crippen molar-refractivity contribution in [2.24, 2.45) is 4.99 Å². The number of benzene rings is 1. The molecule has 0 bridgehead atoms. The van der Waals surface area contributed by atoms with Crippen LogP contribution in [0.25, 0.3) is 0 Å². The summed E-state index contributed by atoms with van der Waals surface area (Å²) in [4.78, 5) is 21.0. The predicted octanol–water partition coefficient (Wildman–Crippen LogP) is 2.70. The van der Waals surface area contributed by atoms with Crippen LogP contribution in [0.3, 0.4) is 0 Å². The number of hydrogen-bond acceptors (Lipinski definition) is 4. The normalized spacial score (nSPS) is 14.4. The van der Waals surface area contributed by atoms with Gasteiger partial charge in [0.15, 0.2) is 11.7 Å². The van der Waals surface area contributed by atoms with Gasteiger partial charge in [-0.15, -0.1) is 24.0 Å². The molecule has 1 aromatic carbocycles. The van der Waals surface area contributed by atoms with Crippen molar-refractivity contribution >= 4 is 35.8 Å². The summed E-state index contributed by atoms with van der Waals surface area (Å²) in [5.74, 6) is 2.04. The second-order valence-corrected chi connectivity index (χ2v) is 6.15. The first kappa shape index (κ1) is 22.1. The maximum atomic E-state index is 12.4. The van der Waals surface area contributed by atoms with Gasteiger partial charge in [-0.3, -0.25) is 4.79 Å². The summed E-state index contributed by atoms with van der Waals surface area (Å²) in [6, 6.07) is 13.2. The summed E-state index contributed by atoms with van der Waals surface area (Å²) < 4.78 is 10.9. The van der Waals surface area contributed by atoms with Crippen LogP contribution in [0.5, 0.6) is 5.75 Å². The van der Waals surface area contributed by atoms with Crippen molar-refractivity contribution in [1.29, 1.82) is 0 Å². The lowest BCUT2D eigenvalue weighted by Crippen LogP contribution is -2.53. The maximum absolute atomic E-state index is 12.4. The zero-order valence-corrected chi connectivity index (χ0v) is 18.4. The molecule has 2 heterocycles. The average Bonchev–Trinajstić information content (AvgIpc) is 3.26. The Balaban J connectivity index is 0.00000280. The van der Waals surface area contributed by atoms with E-state index in [1.54, 1.807) is 12.1 Å². The van der Waals surface area contributed by atoms with Gasteiger partial charge in [0.2, 0.25) is 0 Å². The van der Waals surface area contributed by atoms with Crippen LogP contribution in [0.4, 0.5) is 0 Å². The van der Waals surface area contributed by atoms with E-state index in [4.69, 9.17) is 9.15 Å². The number of ether oxygens (including phenoxy) is 1. The molecule has 0 unspecified atom stereocenters. The molecule has 1 saturated heterocycles. The molecule has 1 aromatic heterocycles. The third-order valence-corrected chi connectivity index (χ3v) is 4.30. The van der Waals surface area contributed by atoms with E-state index in [2.05, 4.69) is 15.2 Å². The van der Waals surface area contributed by atoms with Crippen LogP contribution >= 0.6 is 24.0 Å². The predicted molar refractivity (Wildman–Crippen MR) is 120 cm³/mol. The summed E-state index contributed by atoms with van der Waals surface area (Å²) in [6.45, 7) is 6.69. The van der Waals surface area contributed by atoms with Crippen molar-refractivity contribution in [3.05, 3.63) is 54.5 Å². The van der Waals surface area contributed by atoms with E-state index >= 15 is 0 Å². The third-order valence-electron chi connectivity index (χ3n) is 4.30. The van der Waals surface area contributed by atoms with Crippen LogP contribution in [0.15, 0.2) is 58.1 Å². The molecule has 0 atom stereocenters. The molecule has 0 saturated carbocycles. The number of nitrogens with zero attached hydrogens (tertiary/aromatic N) is 3. The molecule has 7 nitrogen and oxygen atoms in total. The number of guanidine groups is 1. The smallest absolute Gasteiger partial charge is 0.289 e. The molecular formula is C20H27IN4O3. The van der Waals surface area contributed by atoms with E-state index in [-0.39, 0.29) is 29.9 Å². The largest absolute Gasteiger partial charge is 0.492 e. The molecular weight excluding hydrogens is 471 g/mol. The Morgan fingerprint density at radius 3 is 2.46 bits per heavy atom. The first-order valence-electron chi connectivity index (χ1n) is 9.32. The fourth-order valence-corrected chi connectivity index (χ4v) is 2.94. The number of hydrogen-bond donors (Lipinski definition) is 1. The monoisotopic (exact) mass is 498 g/mol. The molecule has 28 heavy (non-hydrogen) atoms. The van der Waals surface area contributed by atoms with Crippen LogP contribution in [0, 0.1) is 0 Å². The van der Waals surface area contributed by atoms with Gasteiger partial charge in [0.25, 0.3) is 5.91 Å². The molecule has 3 rings (SSSR count). The first-order chi connectivity index (χ1) is 13.3. The molecule has 0 aliphatic carbocycles. The molecule has 1 fully saturated rings. The van der Waals surface area contributed by atoms with Crippen LogP contribution in [-0.4, -0.2) is 67.5 Å². The van der Waals surface area contributed by atoms with Crippen LogP contribution in [-0.2, 0) is 0 Å². The Morgan fingerprint density at radius 1 is 1.11 bits per heavy atom. The molecule has 1 amide bonds. The Kier molecular flexibility index (Phi) is 9.12. The van der Waals surface area contributed by atoms with Gasteiger partial charge in [-0.1, -0.05) is 18.2 Å². The average molecular weight is 498 g/mol. The minimum atomic E-state index is -0.0575. The lowest BCUT2D eigenvalue weighted by molar-refractivity contribution is 0.0657. The fraction of sp³-hybridized carbons (Fsp3) is 0.400. The van der Waals surface area contributed by atoms with Crippen molar-refractivity contribution in [3.63, 3.8) is 0 Å². The van der Waals surface area contributed by atoms with Crippen molar-refractivity contribution < 1.29 is 13.9 Å². The molecule has 1 aliphatic rings. The number of para-hydroxylation sites is 1. The highest BCUT2D eigenvalue weighted by atomic mass is 127. The molecule has 0 radical (unpaired) electrons. The molecule has 152 valence electrons. The lowest BCUT2D eigenvalue weighted by atomic mass is 10.3. The number of nitrogens with one attached hydrogen (secondary N) is 1. The van der Waals surface area contributed by atoms with Gasteiger partial charge in [-0.2, -0.15) is 0 Å². The van der Waals surface area contributed by atoms with Crippen LogP contribution in [0.2, 0.25) is 0 Å². The quantitative estimate of drug-likeness (QED) is 0.287. The summed E-state index contributed by atoms with van der Waals surface area (Å²) >= 11 is 0. The molecule has 2 aromatic rings. The van der Waals surface area contributed by atoms with Crippen LogP contribution < -0.4 is 10.1 Å². The van der Waals surface area contributed by atoms with E-state index in [0.29, 0.717) is 32.0 Å². The zero-order chi connectivity index (χ0) is 18.9. The number of piperazine rings is 1. The first-order valence-corrected chi connectivity index (χ1v) is 9.32. The highest BCUT2D eigenvalue weighted by Crippen LogP contribution is 2.10. The summed E-state index contributed by atoms with van der Waals surface area (Å²) in [7, 11) is 0.